The molecule has 0 radical (unpaired) electrons. The van der Waals surface area contributed by atoms with E-state index >= 15 is 0 Å². The molecule has 3 aliphatic rings. The summed E-state index contributed by atoms with van der Waals surface area (Å²) >= 11 is 3.76. The maximum atomic E-state index is 4.71. The third-order valence-electron chi connectivity index (χ3n) is 12.3. The van der Waals surface area contributed by atoms with Crippen LogP contribution >= 0.6 is 22.7 Å². The molecule has 2 aromatic heterocycles. The van der Waals surface area contributed by atoms with Crippen molar-refractivity contribution in [3.63, 3.8) is 0 Å². The fraction of sp³-hybridized carbons (Fsp3) is 0.127. The predicted molar refractivity (Wildman–Crippen MR) is 255 cm³/mol. The lowest BCUT2D eigenvalue weighted by Gasteiger charge is -2.18. The molecule has 7 aromatic rings. The lowest BCUT2D eigenvalue weighted by molar-refractivity contribution is 0.775. The maximum absolute atomic E-state index is 4.71. The van der Waals surface area contributed by atoms with Gasteiger partial charge in [-0.05, 0) is 167 Å². The Morgan fingerprint density at radius 1 is 0.754 bits per heavy atom. The molecule has 0 bridgehead atoms. The molecule has 0 N–H and O–H groups in total. The van der Waals surface area contributed by atoms with Gasteiger partial charge < -0.3 is 0 Å². The first-order valence-corrected chi connectivity index (χ1v) is 21.7. The zero-order valence-electron chi connectivity index (χ0n) is 32.5. The average molecular weight is 769 g/mol. The van der Waals surface area contributed by atoms with Gasteiger partial charge in [0, 0.05) is 19.0 Å². The number of allylic oxidation sites excluding steroid dienone is 10. The van der Waals surface area contributed by atoms with Crippen LogP contribution in [0.2, 0.25) is 0 Å². The van der Waals surface area contributed by atoms with Crippen molar-refractivity contribution in [1.82, 2.24) is 0 Å². The lowest BCUT2D eigenvalue weighted by atomic mass is 9.85. The molecule has 0 nitrogen and oxygen atoms in total. The molecule has 0 aliphatic heterocycles. The minimum Gasteiger partial charge on any atom is -0.135 e. The molecule has 2 heterocycles. The molecule has 0 spiro atoms. The first kappa shape index (κ1) is 35.6. The van der Waals surface area contributed by atoms with E-state index in [1.807, 2.05) is 28.7 Å². The monoisotopic (exact) mass is 768 g/mol. The minimum absolute atomic E-state index is 0.498. The number of fused-ring (bicyclic) bond motifs is 10. The molecule has 0 fully saturated rings. The van der Waals surface area contributed by atoms with Crippen LogP contribution in [0.4, 0.5) is 0 Å². The van der Waals surface area contributed by atoms with Crippen molar-refractivity contribution in [2.45, 2.75) is 44.9 Å². The summed E-state index contributed by atoms with van der Waals surface area (Å²) in [6, 6.07) is 31.6. The van der Waals surface area contributed by atoms with Crippen LogP contribution in [0, 0.1) is 0 Å². The molecule has 57 heavy (non-hydrogen) atoms. The Morgan fingerprint density at radius 3 is 2.26 bits per heavy atom. The number of thiophene rings is 2. The third kappa shape index (κ3) is 5.93. The molecule has 0 saturated heterocycles. The van der Waals surface area contributed by atoms with Crippen molar-refractivity contribution in [2.24, 2.45) is 0 Å². The highest BCUT2D eigenvalue weighted by molar-refractivity contribution is 7.17. The van der Waals surface area contributed by atoms with E-state index in [0.717, 1.165) is 54.4 Å². The molecule has 0 amide bonds. The summed E-state index contributed by atoms with van der Waals surface area (Å²) in [5.41, 5.74) is 12.3. The van der Waals surface area contributed by atoms with Crippen LogP contribution in [-0.4, -0.2) is 0 Å². The van der Waals surface area contributed by atoms with E-state index in [4.69, 9.17) is 6.58 Å². The average Bonchev–Trinajstić information content (AvgIpc) is 3.84. The maximum Gasteiger partial charge on any atom is 0.0421 e. The predicted octanol–water partition coefficient (Wildman–Crippen LogP) is 15.0. The Morgan fingerprint density at radius 2 is 1.47 bits per heavy atom. The second-order valence-corrected chi connectivity index (χ2v) is 17.8. The molecule has 3 aliphatic carbocycles. The summed E-state index contributed by atoms with van der Waals surface area (Å²) in [5.74, 6) is 0.498. The Kier molecular flexibility index (Phi) is 8.93. The minimum atomic E-state index is 0.498. The van der Waals surface area contributed by atoms with Gasteiger partial charge in [0.2, 0.25) is 0 Å². The van der Waals surface area contributed by atoms with Crippen LogP contribution in [0.3, 0.4) is 0 Å². The van der Waals surface area contributed by atoms with Crippen LogP contribution in [0.5, 0.6) is 0 Å². The van der Waals surface area contributed by atoms with E-state index in [9.17, 15) is 0 Å². The molecule has 0 saturated carbocycles. The van der Waals surface area contributed by atoms with Gasteiger partial charge in [0.15, 0.2) is 0 Å². The highest BCUT2D eigenvalue weighted by Crippen LogP contribution is 2.46. The van der Waals surface area contributed by atoms with E-state index in [0.29, 0.717) is 5.92 Å². The van der Waals surface area contributed by atoms with E-state index in [-0.39, 0.29) is 0 Å². The molecule has 1 unspecified atom stereocenters. The van der Waals surface area contributed by atoms with Crippen molar-refractivity contribution < 1.29 is 0 Å². The van der Waals surface area contributed by atoms with Crippen molar-refractivity contribution in [1.29, 1.82) is 0 Å². The van der Waals surface area contributed by atoms with E-state index in [1.54, 1.807) is 0 Å². The summed E-state index contributed by atoms with van der Waals surface area (Å²) in [6.07, 6.45) is 23.2. The van der Waals surface area contributed by atoms with Gasteiger partial charge in [0.25, 0.3) is 0 Å². The smallest absolute Gasteiger partial charge is 0.0421 e. The Hall–Kier alpha value is -5.80. The van der Waals surface area contributed by atoms with Crippen LogP contribution in [-0.2, 0) is 0 Å². The molecule has 1 atom stereocenters. The second-order valence-electron chi connectivity index (χ2n) is 15.7. The quantitative estimate of drug-likeness (QED) is 0.107. The van der Waals surface area contributed by atoms with Gasteiger partial charge in [-0.1, -0.05) is 136 Å². The highest BCUT2D eigenvalue weighted by Gasteiger charge is 2.24. The van der Waals surface area contributed by atoms with Gasteiger partial charge in [-0.15, -0.1) is 22.7 Å². The summed E-state index contributed by atoms with van der Waals surface area (Å²) in [7, 11) is 0. The van der Waals surface area contributed by atoms with E-state index < -0.39 is 0 Å². The van der Waals surface area contributed by atoms with Crippen molar-refractivity contribution >= 4 is 106 Å². The van der Waals surface area contributed by atoms with Crippen molar-refractivity contribution in [2.75, 3.05) is 0 Å². The van der Waals surface area contributed by atoms with Gasteiger partial charge >= 0.3 is 0 Å². The summed E-state index contributed by atoms with van der Waals surface area (Å²) in [6.45, 7) is 20.2. The van der Waals surface area contributed by atoms with E-state index in [1.165, 1.54) is 95.3 Å². The van der Waals surface area contributed by atoms with Crippen molar-refractivity contribution in [3.8, 4) is 0 Å². The fourth-order valence-corrected chi connectivity index (χ4v) is 12.1. The summed E-state index contributed by atoms with van der Waals surface area (Å²) in [4.78, 5) is 2.62. The zero-order chi connectivity index (χ0) is 38.8. The molecule has 276 valence electrons. The number of rotatable bonds is 8. The summed E-state index contributed by atoms with van der Waals surface area (Å²) < 4.78 is 2.69. The van der Waals surface area contributed by atoms with Gasteiger partial charge in [0.1, 0.15) is 0 Å². The zero-order valence-corrected chi connectivity index (χ0v) is 34.1. The first-order chi connectivity index (χ1) is 27.9. The SMILES string of the molecule is C=C/C(=C\C(=C)C1=c2sc3ccccc3c2=CCC1)c1ccc2c3ccccc3c3ccc(C4=CCCC(C(=C)c5sc6c(c5C=C)C(C)CC=C6)=C4)cc3c2c1. The molecule has 2 heteroatoms. The first-order valence-electron chi connectivity index (χ1n) is 20.1. The third-order valence-corrected chi connectivity index (χ3v) is 14.8. The van der Waals surface area contributed by atoms with Crippen molar-refractivity contribution in [3.05, 3.63) is 195 Å². The van der Waals surface area contributed by atoms with Crippen LogP contribution in [0.15, 0.2) is 153 Å². The highest BCUT2D eigenvalue weighted by atomic mass is 32.1. The molecule has 5 aromatic carbocycles. The second kappa shape index (κ2) is 14.3. The number of benzene rings is 5. The van der Waals surface area contributed by atoms with Gasteiger partial charge in [-0.2, -0.15) is 0 Å². The van der Waals surface area contributed by atoms with Gasteiger partial charge in [0.05, 0.1) is 0 Å². The number of hydrogen-bond acceptors (Lipinski definition) is 2. The van der Waals surface area contributed by atoms with E-state index in [2.05, 4.69) is 154 Å². The van der Waals surface area contributed by atoms with Crippen LogP contribution < -0.4 is 9.75 Å². The van der Waals surface area contributed by atoms with Gasteiger partial charge in [-0.25, -0.2) is 0 Å². The lowest BCUT2D eigenvalue weighted by Crippen LogP contribution is -2.25. The summed E-state index contributed by atoms with van der Waals surface area (Å²) in [5, 5.41) is 10.3. The largest absolute Gasteiger partial charge is 0.135 e. The Labute approximate surface area is 343 Å². The molecule has 10 rings (SSSR count). The number of hydrogen-bond donors (Lipinski definition) is 0. The molecular formula is C55H44S2. The topological polar surface area (TPSA) is 0 Å². The Bertz CT molecular complexity index is 3180. The fourth-order valence-electron chi connectivity index (χ4n) is 9.44. The van der Waals surface area contributed by atoms with Crippen LogP contribution in [0.1, 0.15) is 77.0 Å². The van der Waals surface area contributed by atoms with Crippen LogP contribution in [0.25, 0.3) is 82.9 Å². The van der Waals surface area contributed by atoms with Gasteiger partial charge in [-0.3, -0.25) is 0 Å². The Balaban J connectivity index is 1.07. The standard InChI is InChI=1S/C55H44S2/c1-6-36(29-34(4)42-21-14-22-48-47-20-10-11-23-51(47)56-55(42)48)39-25-27-45-43-18-8-9-19-44(43)46-28-26-40(32-50(46)49(45)31-39)38-17-13-16-37(30-38)35(5)54-41(7-2)53-33(3)15-12-24-52(53)57-54/h6-12,17-20,22-33H,1-2,4-5,13-16,21H2,3H3/b36-29+. The normalized spacial score (nSPS) is 16.6. The molecular weight excluding hydrogens is 725 g/mol.